The first kappa shape index (κ1) is 13.2. The normalized spacial score (nSPS) is 10.5. The Kier molecular flexibility index (Phi) is 4.38. The number of hydrogen-bond acceptors (Lipinski definition) is 4. The zero-order chi connectivity index (χ0) is 10.1. The number of rotatable bonds is 2. The highest BCUT2D eigenvalue weighted by molar-refractivity contribution is 7.90. The quantitative estimate of drug-likeness (QED) is 0.596. The number of nitrogens with one attached hydrogen (secondary N) is 1. The van der Waals surface area contributed by atoms with Gasteiger partial charge in [-0.3, -0.25) is 5.84 Å². The molecule has 80 valence electrons. The maximum atomic E-state index is 11.2. The van der Waals surface area contributed by atoms with E-state index in [1.165, 1.54) is 6.26 Å². The van der Waals surface area contributed by atoms with Gasteiger partial charge in [-0.15, -0.1) is 12.4 Å². The van der Waals surface area contributed by atoms with Crippen LogP contribution in [0.1, 0.15) is 5.56 Å². The van der Waals surface area contributed by atoms with Gasteiger partial charge in [0.1, 0.15) is 0 Å². The SMILES string of the molecule is Cc1cc(NN)ccc1S(C)(=O)=O.Cl. The molecule has 0 aliphatic carbocycles. The molecule has 1 aromatic rings. The van der Waals surface area contributed by atoms with Gasteiger partial charge in [-0.1, -0.05) is 0 Å². The molecule has 0 bridgehead atoms. The highest BCUT2D eigenvalue weighted by Crippen LogP contribution is 2.18. The molecule has 0 spiro atoms. The Morgan fingerprint density at radius 2 is 1.93 bits per heavy atom. The van der Waals surface area contributed by atoms with E-state index in [0.717, 1.165) is 0 Å². The van der Waals surface area contributed by atoms with Gasteiger partial charge in [0.25, 0.3) is 0 Å². The number of hydrogen-bond donors (Lipinski definition) is 2. The largest absolute Gasteiger partial charge is 0.324 e. The molecule has 0 atom stereocenters. The van der Waals surface area contributed by atoms with E-state index in [-0.39, 0.29) is 12.4 Å². The second-order valence-electron chi connectivity index (χ2n) is 2.90. The summed E-state index contributed by atoms with van der Waals surface area (Å²) in [4.78, 5) is 0.339. The molecule has 6 heteroatoms. The fourth-order valence-electron chi connectivity index (χ4n) is 1.16. The first-order valence-corrected chi connectivity index (χ1v) is 5.61. The molecule has 4 nitrogen and oxygen atoms in total. The van der Waals surface area contributed by atoms with Crippen molar-refractivity contribution >= 4 is 27.9 Å². The Bertz CT molecular complexity index is 417. The van der Waals surface area contributed by atoms with Gasteiger partial charge in [-0.2, -0.15) is 0 Å². The van der Waals surface area contributed by atoms with E-state index in [2.05, 4.69) is 5.43 Å². The highest BCUT2D eigenvalue weighted by atomic mass is 35.5. The first-order chi connectivity index (χ1) is 5.95. The Labute approximate surface area is 89.8 Å². The standard InChI is InChI=1S/C8H12N2O2S.ClH/c1-6-5-7(10-9)3-4-8(6)13(2,11)12;/h3-5,10H,9H2,1-2H3;1H. The summed E-state index contributed by atoms with van der Waals surface area (Å²) in [5.74, 6) is 5.18. The molecule has 0 amide bonds. The van der Waals surface area contributed by atoms with E-state index in [1.807, 2.05) is 0 Å². The number of sulfone groups is 1. The lowest BCUT2D eigenvalue weighted by atomic mass is 10.2. The van der Waals surface area contributed by atoms with E-state index in [0.29, 0.717) is 16.1 Å². The van der Waals surface area contributed by atoms with E-state index < -0.39 is 9.84 Å². The lowest BCUT2D eigenvalue weighted by molar-refractivity contribution is 0.601. The topological polar surface area (TPSA) is 72.2 Å². The average Bonchev–Trinajstić information content (AvgIpc) is 2.01. The molecule has 0 unspecified atom stereocenters. The zero-order valence-electron chi connectivity index (χ0n) is 7.94. The van der Waals surface area contributed by atoms with E-state index in [1.54, 1.807) is 25.1 Å². The minimum absolute atomic E-state index is 0. The van der Waals surface area contributed by atoms with Crippen LogP contribution in [0, 0.1) is 6.92 Å². The van der Waals surface area contributed by atoms with Gasteiger partial charge >= 0.3 is 0 Å². The number of halogens is 1. The van der Waals surface area contributed by atoms with Gasteiger partial charge in [0, 0.05) is 11.9 Å². The van der Waals surface area contributed by atoms with Gasteiger partial charge in [-0.25, -0.2) is 8.42 Å². The van der Waals surface area contributed by atoms with E-state index >= 15 is 0 Å². The molecular formula is C8H13ClN2O2S. The molecule has 14 heavy (non-hydrogen) atoms. The third kappa shape index (κ3) is 2.87. The number of nitrogens with two attached hydrogens (primary N) is 1. The Hall–Kier alpha value is -0.780. The second kappa shape index (κ2) is 4.63. The number of benzene rings is 1. The van der Waals surface area contributed by atoms with Crippen LogP contribution in [0.15, 0.2) is 23.1 Å². The van der Waals surface area contributed by atoms with Crippen molar-refractivity contribution < 1.29 is 8.42 Å². The minimum Gasteiger partial charge on any atom is -0.324 e. The predicted octanol–water partition coefficient (Wildman–Crippen LogP) is 1.11. The third-order valence-electron chi connectivity index (χ3n) is 1.74. The smallest absolute Gasteiger partial charge is 0.175 e. The number of hydrazine groups is 1. The summed E-state index contributed by atoms with van der Waals surface area (Å²) in [6.45, 7) is 1.73. The van der Waals surface area contributed by atoms with Crippen molar-refractivity contribution in [3.05, 3.63) is 23.8 Å². The number of anilines is 1. The predicted molar refractivity (Wildman–Crippen MR) is 59.3 cm³/mol. The van der Waals surface area contributed by atoms with Gasteiger partial charge in [0.15, 0.2) is 9.84 Å². The molecule has 0 aliphatic heterocycles. The molecule has 0 heterocycles. The zero-order valence-corrected chi connectivity index (χ0v) is 9.58. The molecule has 0 saturated heterocycles. The Morgan fingerprint density at radius 1 is 1.36 bits per heavy atom. The third-order valence-corrected chi connectivity index (χ3v) is 3.00. The van der Waals surface area contributed by atoms with Crippen LogP contribution in [0.4, 0.5) is 5.69 Å². The second-order valence-corrected chi connectivity index (χ2v) is 4.88. The van der Waals surface area contributed by atoms with Crippen molar-refractivity contribution in [2.75, 3.05) is 11.7 Å². The summed E-state index contributed by atoms with van der Waals surface area (Å²) in [7, 11) is -3.13. The maximum Gasteiger partial charge on any atom is 0.175 e. The highest BCUT2D eigenvalue weighted by Gasteiger charge is 2.09. The number of nitrogen functional groups attached to an aromatic ring is 1. The fraction of sp³-hybridized carbons (Fsp3) is 0.250. The van der Waals surface area contributed by atoms with E-state index in [4.69, 9.17) is 5.84 Å². The molecule has 1 rings (SSSR count). The van der Waals surface area contributed by atoms with Crippen molar-refractivity contribution in [2.24, 2.45) is 5.84 Å². The summed E-state index contributed by atoms with van der Waals surface area (Å²) >= 11 is 0. The summed E-state index contributed by atoms with van der Waals surface area (Å²) in [6.07, 6.45) is 1.19. The van der Waals surface area contributed by atoms with Gasteiger partial charge < -0.3 is 5.43 Å². The van der Waals surface area contributed by atoms with Crippen LogP contribution in [-0.4, -0.2) is 14.7 Å². The lowest BCUT2D eigenvalue weighted by Gasteiger charge is -2.05. The fourth-order valence-corrected chi connectivity index (χ4v) is 2.11. The summed E-state index contributed by atoms with van der Waals surface area (Å²) < 4.78 is 22.4. The van der Waals surface area contributed by atoms with Crippen molar-refractivity contribution in [3.8, 4) is 0 Å². The minimum atomic E-state index is -3.13. The molecule has 0 fully saturated rings. The molecule has 0 aliphatic rings. The van der Waals surface area contributed by atoms with Gasteiger partial charge in [0.2, 0.25) is 0 Å². The van der Waals surface area contributed by atoms with Crippen molar-refractivity contribution in [1.29, 1.82) is 0 Å². The molecular weight excluding hydrogens is 224 g/mol. The van der Waals surface area contributed by atoms with Crippen LogP contribution < -0.4 is 11.3 Å². The monoisotopic (exact) mass is 236 g/mol. The van der Waals surface area contributed by atoms with Crippen LogP contribution in [-0.2, 0) is 9.84 Å². The lowest BCUT2D eigenvalue weighted by Crippen LogP contribution is -2.08. The maximum absolute atomic E-state index is 11.2. The van der Waals surface area contributed by atoms with Gasteiger partial charge in [0.05, 0.1) is 4.90 Å². The van der Waals surface area contributed by atoms with Crippen LogP contribution in [0.3, 0.4) is 0 Å². The van der Waals surface area contributed by atoms with Crippen LogP contribution in [0.2, 0.25) is 0 Å². The Balaban J connectivity index is 0.00000169. The summed E-state index contributed by atoms with van der Waals surface area (Å²) in [5, 5.41) is 0. The summed E-state index contributed by atoms with van der Waals surface area (Å²) in [5.41, 5.74) is 3.84. The molecule has 0 radical (unpaired) electrons. The van der Waals surface area contributed by atoms with Crippen LogP contribution >= 0.6 is 12.4 Å². The summed E-state index contributed by atoms with van der Waals surface area (Å²) in [6, 6.07) is 4.86. The van der Waals surface area contributed by atoms with Gasteiger partial charge in [-0.05, 0) is 30.7 Å². The van der Waals surface area contributed by atoms with Crippen molar-refractivity contribution in [3.63, 3.8) is 0 Å². The van der Waals surface area contributed by atoms with Crippen LogP contribution in [0.5, 0.6) is 0 Å². The number of aryl methyl sites for hydroxylation is 1. The molecule has 0 saturated carbocycles. The van der Waals surface area contributed by atoms with Crippen LogP contribution in [0.25, 0.3) is 0 Å². The molecule has 1 aromatic carbocycles. The molecule has 3 N–H and O–H groups in total. The van der Waals surface area contributed by atoms with Crippen molar-refractivity contribution in [1.82, 2.24) is 0 Å². The average molecular weight is 237 g/mol. The Morgan fingerprint density at radius 3 is 2.29 bits per heavy atom. The van der Waals surface area contributed by atoms with E-state index in [9.17, 15) is 8.42 Å². The first-order valence-electron chi connectivity index (χ1n) is 3.72. The molecule has 0 aromatic heterocycles. The van der Waals surface area contributed by atoms with Crippen molar-refractivity contribution in [2.45, 2.75) is 11.8 Å².